The first-order valence-corrected chi connectivity index (χ1v) is 8.46. The Hall–Kier alpha value is -3.16. The summed E-state index contributed by atoms with van der Waals surface area (Å²) in [4.78, 5) is 23.6. The van der Waals surface area contributed by atoms with Gasteiger partial charge in [0.2, 0.25) is 5.91 Å². The Morgan fingerprint density at radius 2 is 2.08 bits per heavy atom. The van der Waals surface area contributed by atoms with Crippen LogP contribution in [0.5, 0.6) is 5.75 Å². The van der Waals surface area contributed by atoms with E-state index >= 15 is 0 Å². The molecule has 1 aliphatic rings. The average Bonchev–Trinajstić information content (AvgIpc) is 3.19. The molecule has 1 aromatic carbocycles. The van der Waals surface area contributed by atoms with Crippen molar-refractivity contribution in [3.05, 3.63) is 36.3 Å². The van der Waals surface area contributed by atoms with E-state index in [9.17, 15) is 4.79 Å². The van der Waals surface area contributed by atoms with E-state index in [0.29, 0.717) is 30.4 Å². The number of carbonyl (C=O) groups is 1. The van der Waals surface area contributed by atoms with E-state index in [-0.39, 0.29) is 11.9 Å². The summed E-state index contributed by atoms with van der Waals surface area (Å²) in [6.45, 7) is 2.45. The van der Waals surface area contributed by atoms with Crippen molar-refractivity contribution in [1.82, 2.24) is 19.7 Å². The summed E-state index contributed by atoms with van der Waals surface area (Å²) in [7, 11) is 3.45. The number of rotatable bonds is 4. The number of fused-ring (bicyclic) bond motifs is 1. The summed E-state index contributed by atoms with van der Waals surface area (Å²) in [6.07, 6.45) is 2.40. The Balaban J connectivity index is 1.62. The summed E-state index contributed by atoms with van der Waals surface area (Å²) in [5.74, 6) is 1.97. The number of benzene rings is 1. The summed E-state index contributed by atoms with van der Waals surface area (Å²) < 4.78 is 7.09. The lowest BCUT2D eigenvalue weighted by Crippen LogP contribution is -2.34. The van der Waals surface area contributed by atoms with E-state index in [1.165, 1.54) is 0 Å². The van der Waals surface area contributed by atoms with Crippen molar-refractivity contribution in [3.8, 4) is 5.75 Å². The van der Waals surface area contributed by atoms with Gasteiger partial charge in [0.15, 0.2) is 5.65 Å². The first-order valence-electron chi connectivity index (χ1n) is 8.46. The third kappa shape index (κ3) is 2.63. The molecule has 1 saturated heterocycles. The highest BCUT2D eigenvalue weighted by Gasteiger charge is 2.34. The molecule has 1 amide bonds. The van der Waals surface area contributed by atoms with Crippen LogP contribution in [-0.4, -0.2) is 45.4 Å². The van der Waals surface area contributed by atoms with Crippen molar-refractivity contribution < 1.29 is 9.53 Å². The second-order valence-corrected chi connectivity index (χ2v) is 6.27. The Labute approximate surface area is 150 Å². The van der Waals surface area contributed by atoms with E-state index in [4.69, 9.17) is 4.74 Å². The summed E-state index contributed by atoms with van der Waals surface area (Å²) in [5.41, 5.74) is 1.53. The van der Waals surface area contributed by atoms with Crippen LogP contribution in [0.4, 0.5) is 11.5 Å². The SMILES string of the molecule is COc1ccccc1N1CCC(Nc2nc(C)nc3c2cnn3C)C1=O. The Morgan fingerprint density at radius 3 is 2.88 bits per heavy atom. The second-order valence-electron chi connectivity index (χ2n) is 6.27. The number of ether oxygens (including phenoxy) is 1. The lowest BCUT2D eigenvalue weighted by Gasteiger charge is -2.20. The molecule has 8 heteroatoms. The molecule has 26 heavy (non-hydrogen) atoms. The fourth-order valence-corrected chi connectivity index (χ4v) is 3.31. The summed E-state index contributed by atoms with van der Waals surface area (Å²) in [5, 5.41) is 8.33. The minimum Gasteiger partial charge on any atom is -0.495 e. The Morgan fingerprint density at radius 1 is 1.27 bits per heavy atom. The monoisotopic (exact) mass is 352 g/mol. The molecule has 1 N–H and O–H groups in total. The standard InChI is InChI=1S/C18H20N6O2/c1-11-20-16(12-10-19-23(2)17(12)21-11)22-13-8-9-24(18(13)25)14-6-4-5-7-15(14)26-3/h4-7,10,13H,8-9H2,1-3H3,(H,20,21,22). The normalized spacial score (nSPS) is 17.1. The largest absolute Gasteiger partial charge is 0.495 e. The fraction of sp³-hybridized carbons (Fsp3) is 0.333. The van der Waals surface area contributed by atoms with Gasteiger partial charge in [0.1, 0.15) is 23.4 Å². The predicted molar refractivity (Wildman–Crippen MR) is 98.4 cm³/mol. The zero-order valence-electron chi connectivity index (χ0n) is 14.9. The van der Waals surface area contributed by atoms with Crippen molar-refractivity contribution in [2.75, 3.05) is 23.9 Å². The van der Waals surface area contributed by atoms with Crippen LogP contribution in [0.25, 0.3) is 11.0 Å². The highest BCUT2D eigenvalue weighted by molar-refractivity contribution is 6.02. The highest BCUT2D eigenvalue weighted by Crippen LogP contribution is 2.32. The van der Waals surface area contributed by atoms with Crippen molar-refractivity contribution in [2.24, 2.45) is 7.05 Å². The molecule has 1 atom stereocenters. The van der Waals surface area contributed by atoms with Crippen molar-refractivity contribution in [1.29, 1.82) is 0 Å². The van der Waals surface area contributed by atoms with Gasteiger partial charge in [0.05, 0.1) is 24.4 Å². The van der Waals surface area contributed by atoms with Crippen molar-refractivity contribution in [2.45, 2.75) is 19.4 Å². The van der Waals surface area contributed by atoms with Crippen LogP contribution in [0, 0.1) is 6.92 Å². The third-order valence-electron chi connectivity index (χ3n) is 4.60. The van der Waals surface area contributed by atoms with Gasteiger partial charge < -0.3 is 15.0 Å². The number of aryl methyl sites for hydroxylation is 2. The van der Waals surface area contributed by atoms with Crippen LogP contribution in [-0.2, 0) is 11.8 Å². The van der Waals surface area contributed by atoms with E-state index in [2.05, 4.69) is 20.4 Å². The molecule has 0 radical (unpaired) electrons. The van der Waals surface area contributed by atoms with Crippen LogP contribution in [0.3, 0.4) is 0 Å². The molecular weight excluding hydrogens is 332 g/mol. The molecule has 3 heterocycles. The fourth-order valence-electron chi connectivity index (χ4n) is 3.31. The summed E-state index contributed by atoms with van der Waals surface area (Å²) in [6, 6.07) is 7.20. The molecule has 4 rings (SSSR count). The van der Waals surface area contributed by atoms with Crippen molar-refractivity contribution >= 4 is 28.4 Å². The van der Waals surface area contributed by atoms with Crippen LogP contribution in [0.1, 0.15) is 12.2 Å². The highest BCUT2D eigenvalue weighted by atomic mass is 16.5. The zero-order valence-corrected chi connectivity index (χ0v) is 14.9. The first-order chi connectivity index (χ1) is 12.6. The summed E-state index contributed by atoms with van der Waals surface area (Å²) >= 11 is 0. The Kier molecular flexibility index (Phi) is 3.95. The predicted octanol–water partition coefficient (Wildman–Crippen LogP) is 1.90. The number of aromatic nitrogens is 4. The number of anilines is 2. The number of hydrogen-bond donors (Lipinski definition) is 1. The molecule has 134 valence electrons. The van der Waals surface area contributed by atoms with Crippen LogP contribution < -0.4 is 15.0 Å². The van der Waals surface area contributed by atoms with Gasteiger partial charge >= 0.3 is 0 Å². The number of nitrogens with one attached hydrogen (secondary N) is 1. The number of hydrogen-bond acceptors (Lipinski definition) is 6. The van der Waals surface area contributed by atoms with Gasteiger partial charge in [-0.05, 0) is 25.5 Å². The second kappa shape index (κ2) is 6.29. The van der Waals surface area contributed by atoms with Crippen LogP contribution >= 0.6 is 0 Å². The molecule has 8 nitrogen and oxygen atoms in total. The van der Waals surface area contributed by atoms with Gasteiger partial charge in [-0.15, -0.1) is 0 Å². The minimum atomic E-state index is -0.349. The molecule has 0 aliphatic carbocycles. The van der Waals surface area contributed by atoms with Crippen LogP contribution in [0.15, 0.2) is 30.5 Å². The van der Waals surface area contributed by atoms with E-state index in [1.807, 2.05) is 38.2 Å². The maximum absolute atomic E-state index is 12.9. The number of para-hydroxylation sites is 2. The van der Waals surface area contributed by atoms with E-state index < -0.39 is 0 Å². The molecule has 0 spiro atoms. The molecular formula is C18H20N6O2. The Bertz CT molecular complexity index is 983. The third-order valence-corrected chi connectivity index (χ3v) is 4.60. The first kappa shape index (κ1) is 16.3. The van der Waals surface area contributed by atoms with E-state index in [1.54, 1.807) is 22.9 Å². The minimum absolute atomic E-state index is 0.00260. The van der Waals surface area contributed by atoms with E-state index in [0.717, 1.165) is 16.7 Å². The molecule has 1 aliphatic heterocycles. The van der Waals surface area contributed by atoms with Crippen LogP contribution in [0.2, 0.25) is 0 Å². The quantitative estimate of drug-likeness (QED) is 0.772. The molecule has 1 unspecified atom stereocenters. The maximum atomic E-state index is 12.9. The van der Waals surface area contributed by atoms with Gasteiger partial charge in [-0.3, -0.25) is 9.48 Å². The average molecular weight is 352 g/mol. The molecule has 1 fully saturated rings. The zero-order chi connectivity index (χ0) is 18.3. The maximum Gasteiger partial charge on any atom is 0.249 e. The van der Waals surface area contributed by atoms with Crippen molar-refractivity contribution in [3.63, 3.8) is 0 Å². The molecule has 0 saturated carbocycles. The topological polar surface area (TPSA) is 85.2 Å². The number of carbonyl (C=O) groups excluding carboxylic acids is 1. The molecule has 2 aromatic heterocycles. The van der Waals surface area contributed by atoms with Gasteiger partial charge in [0.25, 0.3) is 0 Å². The van der Waals surface area contributed by atoms with Gasteiger partial charge in [0, 0.05) is 13.6 Å². The lowest BCUT2D eigenvalue weighted by molar-refractivity contribution is -0.117. The van der Waals surface area contributed by atoms with Gasteiger partial charge in [-0.2, -0.15) is 5.10 Å². The lowest BCUT2D eigenvalue weighted by atomic mass is 10.2. The molecule has 3 aromatic rings. The molecule has 0 bridgehead atoms. The van der Waals surface area contributed by atoms with Gasteiger partial charge in [-0.1, -0.05) is 12.1 Å². The number of amides is 1. The number of methoxy groups -OCH3 is 1. The smallest absolute Gasteiger partial charge is 0.249 e. The van der Waals surface area contributed by atoms with Gasteiger partial charge in [-0.25, -0.2) is 9.97 Å². The number of nitrogens with zero attached hydrogens (tertiary/aromatic N) is 5.